The van der Waals surface area contributed by atoms with E-state index in [0.717, 1.165) is 22.6 Å². The average molecular weight is 278 g/mol. The number of nitrogens with zero attached hydrogens (tertiary/aromatic N) is 3. The predicted molar refractivity (Wildman–Crippen MR) is 81.1 cm³/mol. The molecule has 0 fully saturated rings. The lowest BCUT2D eigenvalue weighted by molar-refractivity contribution is -0.114. The Kier molecular flexibility index (Phi) is 3.47. The molecule has 21 heavy (non-hydrogen) atoms. The molecule has 0 spiro atoms. The van der Waals surface area contributed by atoms with E-state index in [1.54, 1.807) is 10.9 Å². The van der Waals surface area contributed by atoms with Crippen molar-refractivity contribution >= 4 is 11.6 Å². The van der Waals surface area contributed by atoms with Crippen LogP contribution in [0.1, 0.15) is 6.92 Å². The van der Waals surface area contributed by atoms with Crippen molar-refractivity contribution < 1.29 is 4.79 Å². The van der Waals surface area contributed by atoms with Crippen LogP contribution in [-0.2, 0) is 4.79 Å². The summed E-state index contributed by atoms with van der Waals surface area (Å²) in [5.74, 6) is -0.0894. The molecule has 1 aromatic heterocycles. The Hall–Kier alpha value is -2.95. The molecule has 5 nitrogen and oxygen atoms in total. The maximum absolute atomic E-state index is 11.0. The van der Waals surface area contributed by atoms with Crippen molar-refractivity contribution in [3.8, 4) is 16.9 Å². The molecule has 0 unspecified atom stereocenters. The third kappa shape index (κ3) is 2.81. The Balaban J connectivity index is 1.95. The van der Waals surface area contributed by atoms with Crippen LogP contribution < -0.4 is 5.32 Å². The lowest BCUT2D eigenvalue weighted by Gasteiger charge is -2.07. The Morgan fingerprint density at radius 2 is 1.76 bits per heavy atom. The number of benzene rings is 2. The number of anilines is 1. The van der Waals surface area contributed by atoms with E-state index in [9.17, 15) is 4.79 Å². The highest BCUT2D eigenvalue weighted by Crippen LogP contribution is 2.21. The van der Waals surface area contributed by atoms with E-state index < -0.39 is 0 Å². The summed E-state index contributed by atoms with van der Waals surface area (Å²) in [4.78, 5) is 11.0. The number of nitrogens with one attached hydrogen (secondary N) is 1. The van der Waals surface area contributed by atoms with Crippen LogP contribution in [0, 0.1) is 0 Å². The largest absolute Gasteiger partial charge is 0.326 e. The minimum Gasteiger partial charge on any atom is -0.326 e. The van der Waals surface area contributed by atoms with Crippen LogP contribution in [-0.4, -0.2) is 20.9 Å². The van der Waals surface area contributed by atoms with E-state index in [-0.39, 0.29) is 5.91 Å². The normalized spacial score (nSPS) is 10.3. The number of aromatic nitrogens is 3. The summed E-state index contributed by atoms with van der Waals surface area (Å²) >= 11 is 0. The van der Waals surface area contributed by atoms with Crippen LogP contribution in [0.25, 0.3) is 16.9 Å². The number of amides is 1. The first-order valence-electron chi connectivity index (χ1n) is 6.58. The summed E-state index contributed by atoms with van der Waals surface area (Å²) < 4.78 is 1.77. The van der Waals surface area contributed by atoms with Gasteiger partial charge in [-0.15, -0.1) is 5.10 Å². The number of hydrogen-bond acceptors (Lipinski definition) is 3. The quantitative estimate of drug-likeness (QED) is 0.801. The third-order valence-corrected chi connectivity index (χ3v) is 3.05. The molecule has 0 aliphatic rings. The molecule has 3 rings (SSSR count). The van der Waals surface area contributed by atoms with Crippen molar-refractivity contribution in [1.82, 2.24) is 15.0 Å². The van der Waals surface area contributed by atoms with E-state index >= 15 is 0 Å². The topological polar surface area (TPSA) is 59.8 Å². The summed E-state index contributed by atoms with van der Waals surface area (Å²) in [6.07, 6.45) is 1.73. The van der Waals surface area contributed by atoms with Crippen LogP contribution in [0.3, 0.4) is 0 Å². The van der Waals surface area contributed by atoms with E-state index in [2.05, 4.69) is 15.6 Å². The summed E-state index contributed by atoms with van der Waals surface area (Å²) in [5.41, 5.74) is 3.62. The number of hydrogen-bond donors (Lipinski definition) is 1. The second-order valence-corrected chi connectivity index (χ2v) is 4.63. The van der Waals surface area contributed by atoms with Crippen molar-refractivity contribution in [2.24, 2.45) is 0 Å². The summed E-state index contributed by atoms with van der Waals surface area (Å²) in [7, 11) is 0. The molecule has 2 aromatic carbocycles. The van der Waals surface area contributed by atoms with Crippen molar-refractivity contribution in [2.45, 2.75) is 6.92 Å². The van der Waals surface area contributed by atoms with Crippen LogP contribution in [0.15, 0.2) is 60.8 Å². The molecule has 0 aliphatic carbocycles. The molecule has 0 saturated carbocycles. The van der Waals surface area contributed by atoms with Gasteiger partial charge >= 0.3 is 0 Å². The second-order valence-electron chi connectivity index (χ2n) is 4.63. The van der Waals surface area contributed by atoms with Gasteiger partial charge in [0.15, 0.2) is 0 Å². The maximum Gasteiger partial charge on any atom is 0.221 e. The van der Waals surface area contributed by atoms with Crippen LogP contribution in [0.4, 0.5) is 5.69 Å². The second kappa shape index (κ2) is 5.58. The molecule has 3 aromatic rings. The molecule has 5 heteroatoms. The van der Waals surface area contributed by atoms with E-state index in [4.69, 9.17) is 0 Å². The standard InChI is InChI=1S/C16H14N4O/c1-12(21)18-14-7-9-15(10-8-14)20-16(11-17-19-20)13-5-3-2-4-6-13/h2-11H,1H3,(H,18,21). The zero-order valence-electron chi connectivity index (χ0n) is 11.5. The highest BCUT2D eigenvalue weighted by atomic mass is 16.1. The fourth-order valence-electron chi connectivity index (χ4n) is 2.12. The van der Waals surface area contributed by atoms with Gasteiger partial charge in [0.25, 0.3) is 0 Å². The average Bonchev–Trinajstić information content (AvgIpc) is 2.98. The zero-order chi connectivity index (χ0) is 14.7. The molecule has 0 aliphatic heterocycles. The molecule has 0 radical (unpaired) electrons. The summed E-state index contributed by atoms with van der Waals surface area (Å²) in [6.45, 7) is 1.48. The maximum atomic E-state index is 11.0. The minimum atomic E-state index is -0.0894. The Morgan fingerprint density at radius 3 is 2.43 bits per heavy atom. The molecule has 0 bridgehead atoms. The van der Waals surface area contributed by atoms with Crippen molar-refractivity contribution in [1.29, 1.82) is 0 Å². The smallest absolute Gasteiger partial charge is 0.221 e. The SMILES string of the molecule is CC(=O)Nc1ccc(-n2nncc2-c2ccccc2)cc1. The first kappa shape index (κ1) is 13.1. The molecule has 1 N–H and O–H groups in total. The molecule has 1 heterocycles. The summed E-state index contributed by atoms with van der Waals surface area (Å²) in [5, 5.41) is 10.9. The molecule has 0 atom stereocenters. The van der Waals surface area contributed by atoms with Crippen LogP contribution in [0.2, 0.25) is 0 Å². The lowest BCUT2D eigenvalue weighted by atomic mass is 10.1. The van der Waals surface area contributed by atoms with Gasteiger partial charge in [-0.3, -0.25) is 4.79 Å². The van der Waals surface area contributed by atoms with Gasteiger partial charge in [-0.25, -0.2) is 4.68 Å². The van der Waals surface area contributed by atoms with Crippen molar-refractivity contribution in [3.05, 3.63) is 60.8 Å². The highest BCUT2D eigenvalue weighted by molar-refractivity contribution is 5.88. The van der Waals surface area contributed by atoms with E-state index in [1.165, 1.54) is 6.92 Å². The van der Waals surface area contributed by atoms with Gasteiger partial charge in [-0.05, 0) is 24.3 Å². The fraction of sp³-hybridized carbons (Fsp3) is 0.0625. The highest BCUT2D eigenvalue weighted by Gasteiger charge is 2.08. The molecule has 1 amide bonds. The first-order chi connectivity index (χ1) is 10.2. The van der Waals surface area contributed by atoms with Crippen molar-refractivity contribution in [3.63, 3.8) is 0 Å². The van der Waals surface area contributed by atoms with Crippen LogP contribution >= 0.6 is 0 Å². The molecular weight excluding hydrogens is 264 g/mol. The van der Waals surface area contributed by atoms with Gasteiger partial charge in [0, 0.05) is 18.2 Å². The molecule has 104 valence electrons. The van der Waals surface area contributed by atoms with Crippen molar-refractivity contribution in [2.75, 3.05) is 5.32 Å². The van der Waals surface area contributed by atoms with Gasteiger partial charge in [-0.2, -0.15) is 0 Å². The van der Waals surface area contributed by atoms with Gasteiger partial charge in [0.2, 0.25) is 5.91 Å². The molecular formula is C16H14N4O. The van der Waals surface area contributed by atoms with Crippen LogP contribution in [0.5, 0.6) is 0 Å². The Morgan fingerprint density at radius 1 is 1.05 bits per heavy atom. The minimum absolute atomic E-state index is 0.0894. The first-order valence-corrected chi connectivity index (χ1v) is 6.58. The third-order valence-electron chi connectivity index (χ3n) is 3.05. The Bertz CT molecular complexity index is 747. The molecule has 0 saturated heterocycles. The summed E-state index contributed by atoms with van der Waals surface area (Å²) in [6, 6.07) is 17.4. The van der Waals surface area contributed by atoms with Gasteiger partial charge in [0.05, 0.1) is 17.6 Å². The number of carbonyl (C=O) groups excluding carboxylic acids is 1. The zero-order valence-corrected chi connectivity index (χ0v) is 11.5. The van der Waals surface area contributed by atoms with E-state index in [1.807, 2.05) is 54.6 Å². The fourth-order valence-corrected chi connectivity index (χ4v) is 2.12. The van der Waals surface area contributed by atoms with Gasteiger partial charge in [0.1, 0.15) is 0 Å². The van der Waals surface area contributed by atoms with Gasteiger partial charge < -0.3 is 5.32 Å². The number of rotatable bonds is 3. The Labute approximate surface area is 122 Å². The van der Waals surface area contributed by atoms with E-state index in [0.29, 0.717) is 0 Å². The lowest BCUT2D eigenvalue weighted by Crippen LogP contribution is -2.06. The van der Waals surface area contributed by atoms with Gasteiger partial charge in [-0.1, -0.05) is 35.5 Å². The number of carbonyl (C=O) groups is 1. The predicted octanol–water partition coefficient (Wildman–Crippen LogP) is 2.89. The monoisotopic (exact) mass is 278 g/mol.